The Morgan fingerprint density at radius 3 is 2.53 bits per heavy atom. The van der Waals surface area contributed by atoms with Gasteiger partial charge in [-0.1, -0.05) is 42.5 Å². The minimum absolute atomic E-state index is 0. The zero-order valence-corrected chi connectivity index (χ0v) is 19.5. The maximum absolute atomic E-state index is 12.7. The summed E-state index contributed by atoms with van der Waals surface area (Å²) in [7, 11) is 0. The van der Waals surface area contributed by atoms with Gasteiger partial charge in [0.2, 0.25) is 0 Å². The second-order valence-corrected chi connectivity index (χ2v) is 8.97. The van der Waals surface area contributed by atoms with Gasteiger partial charge in [0.05, 0.1) is 25.2 Å². The third kappa shape index (κ3) is 7.32. The van der Waals surface area contributed by atoms with Crippen LogP contribution in [0.2, 0.25) is 0 Å². The van der Waals surface area contributed by atoms with Crippen molar-refractivity contribution in [1.29, 1.82) is 0 Å². The van der Waals surface area contributed by atoms with Gasteiger partial charge >= 0.3 is 0 Å². The van der Waals surface area contributed by atoms with E-state index in [0.29, 0.717) is 38.0 Å². The normalized spacial score (nSPS) is 16.8. The molecule has 0 amide bonds. The van der Waals surface area contributed by atoms with Crippen LogP contribution in [0.1, 0.15) is 56.9 Å². The second-order valence-electron chi connectivity index (χ2n) is 8.97. The smallest absolute Gasteiger partial charge is 0.167 e. The van der Waals surface area contributed by atoms with E-state index in [2.05, 4.69) is 0 Å². The number of aliphatic hydroxyl groups is 1. The van der Waals surface area contributed by atoms with Crippen LogP contribution in [0.4, 0.5) is 0 Å². The summed E-state index contributed by atoms with van der Waals surface area (Å²) in [6.07, 6.45) is 1.80. The Hall–Kier alpha value is -2.87. The number of ether oxygens (including phenoxy) is 1. The van der Waals surface area contributed by atoms with E-state index in [-0.39, 0.29) is 62.7 Å². The molecule has 0 bridgehead atoms. The minimum atomic E-state index is -0.671. The van der Waals surface area contributed by atoms with Crippen LogP contribution in [0, 0.1) is 17.8 Å². The van der Waals surface area contributed by atoms with Crippen molar-refractivity contribution in [3.63, 3.8) is 0 Å². The standard InChI is InChI=1S/C27H32O6.H2O.2H2/c1-18(29)12-25(31)23(16-28)21(10-11-33-17-19-6-3-2-4-7-19)13-20-14-22-8-5-9-24(30)27(22)26(32)15-20;;;/h2-9,20-21,23,28,30H,10-17H2,1H3;1H2;2*1H. The van der Waals surface area contributed by atoms with Gasteiger partial charge in [0.25, 0.3) is 0 Å². The topological polar surface area (TPSA) is 132 Å². The highest BCUT2D eigenvalue weighted by Crippen LogP contribution is 2.36. The number of Topliss-reactive ketones (excluding diaryl/α,β-unsaturated/α-hetero) is 3. The van der Waals surface area contributed by atoms with E-state index in [1.165, 1.54) is 13.0 Å². The third-order valence-electron chi connectivity index (χ3n) is 6.37. The van der Waals surface area contributed by atoms with Crippen molar-refractivity contribution in [1.82, 2.24) is 0 Å². The largest absolute Gasteiger partial charge is 0.507 e. The minimum Gasteiger partial charge on any atom is -0.507 e. The molecule has 0 saturated carbocycles. The van der Waals surface area contributed by atoms with E-state index in [9.17, 15) is 24.6 Å². The number of ketones is 3. The molecule has 0 spiro atoms. The number of rotatable bonds is 12. The molecular weight excluding hydrogens is 436 g/mol. The molecule has 3 rings (SSSR count). The van der Waals surface area contributed by atoms with E-state index in [1.807, 2.05) is 36.4 Å². The van der Waals surface area contributed by atoms with Crippen LogP contribution < -0.4 is 0 Å². The number of aromatic hydroxyl groups is 1. The fraction of sp³-hybridized carbons (Fsp3) is 0.444. The Kier molecular flexibility index (Phi) is 10.6. The van der Waals surface area contributed by atoms with Crippen LogP contribution in [-0.2, 0) is 27.4 Å². The van der Waals surface area contributed by atoms with Crippen molar-refractivity contribution in [3.8, 4) is 5.75 Å². The van der Waals surface area contributed by atoms with Gasteiger partial charge in [0.15, 0.2) is 5.78 Å². The van der Waals surface area contributed by atoms with Gasteiger partial charge in [-0.2, -0.15) is 0 Å². The monoisotopic (exact) mass is 474 g/mol. The maximum atomic E-state index is 12.7. The lowest BCUT2D eigenvalue weighted by atomic mass is 9.73. The number of carbonyl (C=O) groups excluding carboxylic acids is 3. The van der Waals surface area contributed by atoms with Crippen LogP contribution in [0.25, 0.3) is 0 Å². The Labute approximate surface area is 203 Å². The van der Waals surface area contributed by atoms with Crippen molar-refractivity contribution in [2.24, 2.45) is 17.8 Å². The first-order valence-corrected chi connectivity index (χ1v) is 11.5. The summed E-state index contributed by atoms with van der Waals surface area (Å²) in [5.74, 6) is -1.48. The quantitative estimate of drug-likeness (QED) is 0.357. The molecule has 7 heteroatoms. The van der Waals surface area contributed by atoms with Gasteiger partial charge in [-0.15, -0.1) is 0 Å². The fourth-order valence-electron chi connectivity index (χ4n) is 4.79. The molecule has 4 N–H and O–H groups in total. The predicted molar refractivity (Wildman–Crippen MR) is 132 cm³/mol. The van der Waals surface area contributed by atoms with Crippen molar-refractivity contribution in [2.75, 3.05) is 13.2 Å². The number of fused-ring (bicyclic) bond motifs is 1. The molecule has 1 aliphatic carbocycles. The molecule has 0 saturated heterocycles. The molecular formula is C27H38O7. The number of hydrogen-bond donors (Lipinski definition) is 2. The first kappa shape index (κ1) is 27.4. The highest BCUT2D eigenvalue weighted by molar-refractivity contribution is 6.01. The number of carbonyl (C=O) groups is 3. The highest BCUT2D eigenvalue weighted by atomic mass is 16.5. The van der Waals surface area contributed by atoms with Gasteiger partial charge in [-0.3, -0.25) is 14.4 Å². The van der Waals surface area contributed by atoms with Gasteiger partial charge < -0.3 is 20.4 Å². The third-order valence-corrected chi connectivity index (χ3v) is 6.37. The number of phenols is 1. The maximum Gasteiger partial charge on any atom is 0.167 e. The molecule has 3 unspecified atom stereocenters. The van der Waals surface area contributed by atoms with Crippen LogP contribution in [-0.4, -0.2) is 46.3 Å². The molecule has 34 heavy (non-hydrogen) atoms. The molecule has 0 heterocycles. The van der Waals surface area contributed by atoms with E-state index >= 15 is 0 Å². The molecule has 0 aliphatic heterocycles. The summed E-state index contributed by atoms with van der Waals surface area (Å²) in [6, 6.07) is 14.9. The summed E-state index contributed by atoms with van der Waals surface area (Å²) in [6.45, 7) is 1.88. The lowest BCUT2D eigenvalue weighted by Crippen LogP contribution is -2.32. The van der Waals surface area contributed by atoms with E-state index < -0.39 is 5.92 Å². The highest BCUT2D eigenvalue weighted by Gasteiger charge is 2.34. The van der Waals surface area contributed by atoms with Gasteiger partial charge in [-0.05, 0) is 55.2 Å². The van der Waals surface area contributed by atoms with Crippen LogP contribution >= 0.6 is 0 Å². The summed E-state index contributed by atoms with van der Waals surface area (Å²) >= 11 is 0. The van der Waals surface area contributed by atoms with E-state index in [0.717, 1.165) is 11.1 Å². The van der Waals surface area contributed by atoms with Crippen molar-refractivity contribution in [2.45, 2.75) is 45.6 Å². The first-order valence-electron chi connectivity index (χ1n) is 11.5. The first-order chi connectivity index (χ1) is 15.9. The lowest BCUT2D eigenvalue weighted by molar-refractivity contribution is -0.131. The van der Waals surface area contributed by atoms with Crippen molar-refractivity contribution in [3.05, 3.63) is 65.2 Å². The zero-order valence-electron chi connectivity index (χ0n) is 19.5. The Morgan fingerprint density at radius 2 is 1.85 bits per heavy atom. The SMILES string of the molecule is CC(=O)CC(=O)C(CO)C(CCOCc1ccccc1)CC1CC(=O)c2c(O)cccc2C1.O.[HH].[HH]. The molecule has 0 fully saturated rings. The number of hydrogen-bond acceptors (Lipinski definition) is 6. The Balaban J connectivity index is 0.00000408. The summed E-state index contributed by atoms with van der Waals surface area (Å²) in [5.41, 5.74) is 2.25. The van der Waals surface area contributed by atoms with Gasteiger partial charge in [0.1, 0.15) is 17.3 Å². The number of aliphatic hydroxyl groups excluding tert-OH is 1. The van der Waals surface area contributed by atoms with E-state index in [4.69, 9.17) is 4.74 Å². The van der Waals surface area contributed by atoms with Gasteiger partial charge in [0, 0.05) is 21.8 Å². The zero-order chi connectivity index (χ0) is 23.8. The molecule has 1 aliphatic rings. The van der Waals surface area contributed by atoms with Gasteiger partial charge in [-0.25, -0.2) is 0 Å². The second kappa shape index (κ2) is 13.1. The molecule has 2 aromatic rings. The Bertz CT molecular complexity index is 981. The average molecular weight is 475 g/mol. The molecule has 0 radical (unpaired) electrons. The molecule has 7 nitrogen and oxygen atoms in total. The van der Waals surface area contributed by atoms with E-state index in [1.54, 1.807) is 6.07 Å². The Morgan fingerprint density at radius 1 is 1.12 bits per heavy atom. The fourth-order valence-corrected chi connectivity index (χ4v) is 4.79. The molecule has 188 valence electrons. The summed E-state index contributed by atoms with van der Waals surface area (Å²) in [4.78, 5) is 36.9. The van der Waals surface area contributed by atoms with Crippen LogP contribution in [0.3, 0.4) is 0 Å². The molecule has 2 aromatic carbocycles. The average Bonchev–Trinajstić information content (AvgIpc) is 2.77. The number of benzene rings is 2. The van der Waals surface area contributed by atoms with Crippen LogP contribution in [0.5, 0.6) is 5.75 Å². The van der Waals surface area contributed by atoms with Crippen LogP contribution in [0.15, 0.2) is 48.5 Å². The summed E-state index contributed by atoms with van der Waals surface area (Å²) < 4.78 is 5.83. The van der Waals surface area contributed by atoms with Crippen molar-refractivity contribution < 1.29 is 37.7 Å². The molecule has 3 atom stereocenters. The number of phenolic OH excluding ortho intramolecular Hbond substituents is 1. The van der Waals surface area contributed by atoms with Crippen molar-refractivity contribution >= 4 is 17.3 Å². The molecule has 0 aromatic heterocycles. The lowest BCUT2D eigenvalue weighted by Gasteiger charge is -2.31. The predicted octanol–water partition coefficient (Wildman–Crippen LogP) is 3.57. The summed E-state index contributed by atoms with van der Waals surface area (Å²) in [5, 5.41) is 20.1.